The first kappa shape index (κ1) is 10.9. The molecule has 0 aromatic heterocycles. The number of fused-ring (bicyclic) bond motifs is 1. The smallest absolute Gasteiger partial charge is 0.161 e. The molecule has 1 unspecified atom stereocenters. The standard InChI is InChI=1S/C13H18N2O2/c14-8-11(15-10-2-3-10)9-1-4-12-13(7-9)17-6-5-16-12/h1,4,7,10-11,15H,2-3,5-6,8,14H2. The summed E-state index contributed by atoms with van der Waals surface area (Å²) in [5.41, 5.74) is 7.01. The molecule has 1 aromatic rings. The van der Waals surface area contributed by atoms with Gasteiger partial charge in [0.2, 0.25) is 0 Å². The molecular weight excluding hydrogens is 216 g/mol. The molecule has 1 heterocycles. The lowest BCUT2D eigenvalue weighted by Crippen LogP contribution is -2.30. The van der Waals surface area contributed by atoms with Crippen LogP contribution < -0.4 is 20.5 Å². The molecule has 3 N–H and O–H groups in total. The molecule has 1 atom stereocenters. The maximum absolute atomic E-state index is 5.82. The molecule has 1 fully saturated rings. The molecule has 1 aliphatic carbocycles. The van der Waals surface area contributed by atoms with E-state index >= 15 is 0 Å². The minimum atomic E-state index is 0.221. The first-order valence-corrected chi connectivity index (χ1v) is 6.22. The second-order valence-electron chi connectivity index (χ2n) is 4.63. The van der Waals surface area contributed by atoms with Crippen LogP contribution in [0, 0.1) is 0 Å². The first-order chi connectivity index (χ1) is 8.36. The summed E-state index contributed by atoms with van der Waals surface area (Å²) in [7, 11) is 0. The van der Waals surface area contributed by atoms with Crippen molar-refractivity contribution < 1.29 is 9.47 Å². The summed E-state index contributed by atoms with van der Waals surface area (Å²) in [6.07, 6.45) is 2.53. The van der Waals surface area contributed by atoms with Gasteiger partial charge in [0.25, 0.3) is 0 Å². The van der Waals surface area contributed by atoms with Gasteiger partial charge in [-0.1, -0.05) is 6.07 Å². The van der Waals surface area contributed by atoms with Crippen LogP contribution in [0.4, 0.5) is 0 Å². The number of hydrogen-bond donors (Lipinski definition) is 2. The van der Waals surface area contributed by atoms with Crippen molar-refractivity contribution in [3.05, 3.63) is 23.8 Å². The van der Waals surface area contributed by atoms with Crippen molar-refractivity contribution in [3.63, 3.8) is 0 Å². The van der Waals surface area contributed by atoms with Crippen molar-refractivity contribution in [2.75, 3.05) is 19.8 Å². The highest BCUT2D eigenvalue weighted by Crippen LogP contribution is 2.33. The molecule has 0 amide bonds. The van der Waals surface area contributed by atoms with E-state index in [4.69, 9.17) is 15.2 Å². The van der Waals surface area contributed by atoms with Crippen molar-refractivity contribution in [1.82, 2.24) is 5.32 Å². The lowest BCUT2D eigenvalue weighted by molar-refractivity contribution is 0.171. The van der Waals surface area contributed by atoms with Crippen LogP contribution in [-0.2, 0) is 0 Å². The zero-order valence-corrected chi connectivity index (χ0v) is 9.82. The minimum absolute atomic E-state index is 0.221. The second-order valence-corrected chi connectivity index (χ2v) is 4.63. The summed E-state index contributed by atoms with van der Waals surface area (Å²) in [6, 6.07) is 6.96. The van der Waals surface area contributed by atoms with Gasteiger partial charge in [-0.2, -0.15) is 0 Å². The molecule has 1 aliphatic heterocycles. The largest absolute Gasteiger partial charge is 0.486 e. The zero-order chi connectivity index (χ0) is 11.7. The van der Waals surface area contributed by atoms with Crippen molar-refractivity contribution in [2.24, 2.45) is 5.73 Å². The van der Waals surface area contributed by atoms with Crippen molar-refractivity contribution >= 4 is 0 Å². The molecule has 1 saturated carbocycles. The number of rotatable bonds is 4. The van der Waals surface area contributed by atoms with Crippen LogP contribution in [0.15, 0.2) is 18.2 Å². The van der Waals surface area contributed by atoms with E-state index in [0.717, 1.165) is 11.5 Å². The van der Waals surface area contributed by atoms with Crippen LogP contribution in [0.3, 0.4) is 0 Å². The van der Waals surface area contributed by atoms with Gasteiger partial charge in [0, 0.05) is 18.6 Å². The predicted molar refractivity (Wildman–Crippen MR) is 65.4 cm³/mol. The van der Waals surface area contributed by atoms with Gasteiger partial charge in [-0.05, 0) is 30.5 Å². The Morgan fingerprint density at radius 3 is 2.71 bits per heavy atom. The Kier molecular flexibility index (Phi) is 2.91. The van der Waals surface area contributed by atoms with Gasteiger partial charge in [-0.3, -0.25) is 0 Å². The van der Waals surface area contributed by atoms with E-state index in [1.807, 2.05) is 12.1 Å². The van der Waals surface area contributed by atoms with Crippen LogP contribution in [0.25, 0.3) is 0 Å². The molecule has 0 spiro atoms. The average molecular weight is 234 g/mol. The van der Waals surface area contributed by atoms with E-state index in [2.05, 4.69) is 11.4 Å². The van der Waals surface area contributed by atoms with Crippen LogP contribution in [0.2, 0.25) is 0 Å². The second kappa shape index (κ2) is 4.55. The Hall–Kier alpha value is -1.26. The van der Waals surface area contributed by atoms with E-state index in [1.54, 1.807) is 0 Å². The molecule has 4 heteroatoms. The molecule has 0 bridgehead atoms. The summed E-state index contributed by atoms with van der Waals surface area (Å²) < 4.78 is 11.1. The average Bonchev–Trinajstić information content (AvgIpc) is 3.19. The SMILES string of the molecule is NCC(NC1CC1)c1ccc2c(c1)OCCO2. The third-order valence-electron chi connectivity index (χ3n) is 3.22. The lowest BCUT2D eigenvalue weighted by atomic mass is 10.1. The number of hydrogen-bond acceptors (Lipinski definition) is 4. The van der Waals surface area contributed by atoms with E-state index in [1.165, 1.54) is 18.4 Å². The number of nitrogens with two attached hydrogens (primary N) is 1. The molecule has 2 aliphatic rings. The normalized spacial score (nSPS) is 20.1. The van der Waals surface area contributed by atoms with Gasteiger partial charge in [0.15, 0.2) is 11.5 Å². The summed E-state index contributed by atoms with van der Waals surface area (Å²) in [5, 5.41) is 3.54. The molecule has 0 radical (unpaired) electrons. The van der Waals surface area contributed by atoms with Gasteiger partial charge in [0.1, 0.15) is 13.2 Å². The van der Waals surface area contributed by atoms with Crippen molar-refractivity contribution in [3.8, 4) is 11.5 Å². The Morgan fingerprint density at radius 2 is 2.00 bits per heavy atom. The number of benzene rings is 1. The van der Waals surface area contributed by atoms with Crippen LogP contribution in [-0.4, -0.2) is 25.8 Å². The topological polar surface area (TPSA) is 56.5 Å². The Bertz CT molecular complexity index is 404. The molecule has 0 saturated heterocycles. The van der Waals surface area contributed by atoms with Gasteiger partial charge >= 0.3 is 0 Å². The van der Waals surface area contributed by atoms with E-state index in [9.17, 15) is 0 Å². The summed E-state index contributed by atoms with van der Waals surface area (Å²) in [4.78, 5) is 0. The fourth-order valence-corrected chi connectivity index (χ4v) is 2.11. The van der Waals surface area contributed by atoms with Gasteiger partial charge < -0.3 is 20.5 Å². The molecule has 17 heavy (non-hydrogen) atoms. The third kappa shape index (κ3) is 2.37. The highest BCUT2D eigenvalue weighted by atomic mass is 16.6. The monoisotopic (exact) mass is 234 g/mol. The maximum atomic E-state index is 5.82. The number of nitrogens with one attached hydrogen (secondary N) is 1. The molecule has 92 valence electrons. The van der Waals surface area contributed by atoms with E-state index < -0.39 is 0 Å². The molecule has 1 aromatic carbocycles. The first-order valence-electron chi connectivity index (χ1n) is 6.22. The quantitative estimate of drug-likeness (QED) is 0.822. The maximum Gasteiger partial charge on any atom is 0.161 e. The highest BCUT2D eigenvalue weighted by molar-refractivity contribution is 5.44. The van der Waals surface area contributed by atoms with Crippen LogP contribution in [0.1, 0.15) is 24.4 Å². The predicted octanol–water partition coefficient (Wildman–Crippen LogP) is 1.21. The summed E-state index contributed by atoms with van der Waals surface area (Å²) in [5.74, 6) is 1.67. The van der Waals surface area contributed by atoms with Crippen LogP contribution >= 0.6 is 0 Å². The number of ether oxygens (including phenoxy) is 2. The van der Waals surface area contributed by atoms with Crippen LogP contribution in [0.5, 0.6) is 11.5 Å². The minimum Gasteiger partial charge on any atom is -0.486 e. The summed E-state index contributed by atoms with van der Waals surface area (Å²) >= 11 is 0. The molecule has 4 nitrogen and oxygen atoms in total. The van der Waals surface area contributed by atoms with E-state index in [-0.39, 0.29) is 6.04 Å². The third-order valence-corrected chi connectivity index (χ3v) is 3.22. The lowest BCUT2D eigenvalue weighted by Gasteiger charge is -2.22. The summed E-state index contributed by atoms with van der Waals surface area (Å²) in [6.45, 7) is 1.86. The fraction of sp³-hybridized carbons (Fsp3) is 0.538. The van der Waals surface area contributed by atoms with Crippen molar-refractivity contribution in [1.29, 1.82) is 0 Å². The highest BCUT2D eigenvalue weighted by Gasteiger charge is 2.25. The van der Waals surface area contributed by atoms with E-state index in [0.29, 0.717) is 25.8 Å². The Morgan fingerprint density at radius 1 is 1.24 bits per heavy atom. The fourth-order valence-electron chi connectivity index (χ4n) is 2.11. The van der Waals surface area contributed by atoms with Gasteiger partial charge in [-0.15, -0.1) is 0 Å². The Labute approximate surface area is 101 Å². The van der Waals surface area contributed by atoms with Gasteiger partial charge in [0.05, 0.1) is 0 Å². The molecule has 3 rings (SSSR count). The van der Waals surface area contributed by atoms with Gasteiger partial charge in [-0.25, -0.2) is 0 Å². The Balaban J connectivity index is 1.80. The molecular formula is C13H18N2O2. The van der Waals surface area contributed by atoms with Crippen molar-refractivity contribution in [2.45, 2.75) is 24.9 Å². The zero-order valence-electron chi connectivity index (χ0n) is 9.82.